The number of rotatable bonds is 12. The number of carbonyl (C=O) groups is 1. The summed E-state index contributed by atoms with van der Waals surface area (Å²) < 4.78 is 4.61. The van der Waals surface area contributed by atoms with Gasteiger partial charge in [-0.15, -0.1) is 0 Å². The van der Waals surface area contributed by atoms with E-state index in [2.05, 4.69) is 36.0 Å². The van der Waals surface area contributed by atoms with Crippen molar-refractivity contribution in [2.24, 2.45) is 11.8 Å². The predicted octanol–water partition coefficient (Wildman–Crippen LogP) is 4.16. The van der Waals surface area contributed by atoms with Crippen LogP contribution >= 0.6 is 0 Å². The molecule has 25 heavy (non-hydrogen) atoms. The second-order valence-electron chi connectivity index (χ2n) is 7.06. The molecule has 0 unspecified atom stereocenters. The van der Waals surface area contributed by atoms with Crippen molar-refractivity contribution in [2.45, 2.75) is 83.3 Å². The Kier molecular flexibility index (Phi) is 11.5. The Morgan fingerprint density at radius 1 is 1.04 bits per heavy atom. The number of allylic oxidation sites excluding steroid dienone is 3. The van der Waals surface area contributed by atoms with Crippen LogP contribution in [-0.4, -0.2) is 35.5 Å². The average molecular weight is 353 g/mol. The molecular formula is C21H36O4. The molecule has 4 heteroatoms. The van der Waals surface area contributed by atoms with Crippen molar-refractivity contribution in [1.82, 2.24) is 0 Å². The Morgan fingerprint density at radius 3 is 2.52 bits per heavy atom. The van der Waals surface area contributed by atoms with Gasteiger partial charge >= 0.3 is 5.97 Å². The van der Waals surface area contributed by atoms with Crippen LogP contribution in [0.15, 0.2) is 24.3 Å². The summed E-state index contributed by atoms with van der Waals surface area (Å²) in [7, 11) is 1.41. The van der Waals surface area contributed by atoms with Crippen molar-refractivity contribution in [2.75, 3.05) is 7.11 Å². The number of hydrogen-bond acceptors (Lipinski definition) is 4. The molecule has 0 bridgehead atoms. The molecule has 4 atom stereocenters. The van der Waals surface area contributed by atoms with Gasteiger partial charge in [-0.25, -0.2) is 0 Å². The average Bonchev–Trinajstić information content (AvgIpc) is 2.87. The largest absolute Gasteiger partial charge is 0.469 e. The molecule has 0 aliphatic heterocycles. The Balaban J connectivity index is 2.35. The van der Waals surface area contributed by atoms with Crippen LogP contribution in [0.25, 0.3) is 0 Å². The van der Waals surface area contributed by atoms with Gasteiger partial charge in [0.15, 0.2) is 0 Å². The minimum Gasteiger partial charge on any atom is -0.469 e. The second-order valence-corrected chi connectivity index (χ2v) is 7.06. The van der Waals surface area contributed by atoms with Crippen LogP contribution in [0, 0.1) is 11.8 Å². The molecule has 2 N–H and O–H groups in total. The SMILES string of the molecule is CCCCCCC=C[C@@H]1[C@@H](CC=CCCCC(=O)OC)[C@@H](O)C[C@H]1O. The molecule has 1 fully saturated rings. The fraction of sp³-hybridized carbons (Fsp3) is 0.762. The molecule has 144 valence electrons. The maximum absolute atomic E-state index is 11.0. The van der Waals surface area contributed by atoms with E-state index in [4.69, 9.17) is 0 Å². The Morgan fingerprint density at radius 2 is 1.80 bits per heavy atom. The molecule has 0 spiro atoms. The van der Waals surface area contributed by atoms with Crippen molar-refractivity contribution in [3.8, 4) is 0 Å². The summed E-state index contributed by atoms with van der Waals surface area (Å²) in [5.74, 6) is -0.0495. The number of carbonyl (C=O) groups excluding carboxylic acids is 1. The van der Waals surface area contributed by atoms with Gasteiger partial charge in [0.05, 0.1) is 19.3 Å². The lowest BCUT2D eigenvalue weighted by atomic mass is 9.89. The number of unbranched alkanes of at least 4 members (excludes halogenated alkanes) is 5. The van der Waals surface area contributed by atoms with Crippen LogP contribution in [0.2, 0.25) is 0 Å². The molecule has 0 aromatic rings. The highest BCUT2D eigenvalue weighted by Crippen LogP contribution is 2.36. The van der Waals surface area contributed by atoms with E-state index < -0.39 is 12.2 Å². The van der Waals surface area contributed by atoms with Crippen LogP contribution in [-0.2, 0) is 9.53 Å². The maximum atomic E-state index is 11.0. The summed E-state index contributed by atoms with van der Waals surface area (Å²) in [6, 6.07) is 0. The first kappa shape index (κ1) is 21.9. The molecule has 0 heterocycles. The molecule has 1 rings (SSSR count). The van der Waals surface area contributed by atoms with Crippen molar-refractivity contribution in [3.63, 3.8) is 0 Å². The predicted molar refractivity (Wildman–Crippen MR) is 101 cm³/mol. The van der Waals surface area contributed by atoms with Gasteiger partial charge in [-0.05, 0) is 38.0 Å². The Bertz CT molecular complexity index is 416. The van der Waals surface area contributed by atoms with Gasteiger partial charge in [0.25, 0.3) is 0 Å². The van der Waals surface area contributed by atoms with Gasteiger partial charge in [0.2, 0.25) is 0 Å². The number of hydrogen-bond donors (Lipinski definition) is 2. The zero-order chi connectivity index (χ0) is 18.5. The molecule has 1 saturated carbocycles. The molecule has 0 aromatic heterocycles. The zero-order valence-corrected chi connectivity index (χ0v) is 15.9. The van der Waals surface area contributed by atoms with Gasteiger partial charge < -0.3 is 14.9 Å². The monoisotopic (exact) mass is 352 g/mol. The normalized spacial score (nSPS) is 26.7. The molecule has 4 nitrogen and oxygen atoms in total. The summed E-state index contributed by atoms with van der Waals surface area (Å²) in [5.41, 5.74) is 0. The van der Waals surface area contributed by atoms with E-state index in [1.807, 2.05) is 0 Å². The van der Waals surface area contributed by atoms with E-state index in [0.717, 1.165) is 25.7 Å². The smallest absolute Gasteiger partial charge is 0.305 e. The number of aliphatic hydroxyl groups excluding tert-OH is 2. The number of ether oxygens (including phenoxy) is 1. The minimum absolute atomic E-state index is 0.0425. The lowest BCUT2D eigenvalue weighted by Gasteiger charge is -2.19. The Labute approximate surface area is 153 Å². The van der Waals surface area contributed by atoms with E-state index >= 15 is 0 Å². The van der Waals surface area contributed by atoms with Crippen molar-refractivity contribution < 1.29 is 19.7 Å². The third-order valence-corrected chi connectivity index (χ3v) is 5.05. The molecule has 0 radical (unpaired) electrons. The first-order valence-electron chi connectivity index (χ1n) is 9.84. The van der Waals surface area contributed by atoms with E-state index in [0.29, 0.717) is 12.8 Å². The Hall–Kier alpha value is -1.13. The van der Waals surface area contributed by atoms with E-state index in [9.17, 15) is 15.0 Å². The highest BCUT2D eigenvalue weighted by Gasteiger charge is 2.39. The topological polar surface area (TPSA) is 66.8 Å². The fourth-order valence-electron chi connectivity index (χ4n) is 3.49. The van der Waals surface area contributed by atoms with Gasteiger partial charge in [-0.3, -0.25) is 4.79 Å². The number of aliphatic hydroxyl groups is 2. The molecule has 0 aromatic carbocycles. The first-order chi connectivity index (χ1) is 12.1. The van der Waals surface area contributed by atoms with E-state index in [-0.39, 0.29) is 17.8 Å². The molecule has 1 aliphatic rings. The zero-order valence-electron chi connectivity index (χ0n) is 15.9. The molecule has 0 saturated heterocycles. The quantitative estimate of drug-likeness (QED) is 0.314. The summed E-state index contributed by atoms with van der Waals surface area (Å²) in [4.78, 5) is 11.0. The summed E-state index contributed by atoms with van der Waals surface area (Å²) >= 11 is 0. The standard InChI is InChI=1S/C21H36O4/c1-3-4-5-6-7-10-13-17-18(20(23)16-19(17)22)14-11-8-9-12-15-21(24)25-2/h8,10-11,13,17-20,22-23H,3-7,9,12,14-16H2,1-2H3/t17-,18-,19-,20+/m1/s1. The van der Waals surface area contributed by atoms with Gasteiger partial charge in [-0.2, -0.15) is 0 Å². The van der Waals surface area contributed by atoms with Gasteiger partial charge in [-0.1, -0.05) is 50.5 Å². The highest BCUT2D eigenvalue weighted by molar-refractivity contribution is 5.69. The van der Waals surface area contributed by atoms with E-state index in [1.54, 1.807) is 0 Å². The summed E-state index contributed by atoms with van der Waals surface area (Å²) in [5, 5.41) is 20.4. The first-order valence-corrected chi connectivity index (χ1v) is 9.84. The van der Waals surface area contributed by atoms with Crippen LogP contribution in [0.4, 0.5) is 0 Å². The fourth-order valence-corrected chi connectivity index (χ4v) is 3.49. The van der Waals surface area contributed by atoms with E-state index in [1.165, 1.54) is 32.8 Å². The maximum Gasteiger partial charge on any atom is 0.305 e. The van der Waals surface area contributed by atoms with Crippen LogP contribution < -0.4 is 0 Å². The minimum atomic E-state index is -0.445. The van der Waals surface area contributed by atoms with Crippen molar-refractivity contribution in [3.05, 3.63) is 24.3 Å². The van der Waals surface area contributed by atoms with Crippen LogP contribution in [0.5, 0.6) is 0 Å². The lowest BCUT2D eigenvalue weighted by Crippen LogP contribution is -2.19. The molecular weight excluding hydrogens is 316 g/mol. The lowest BCUT2D eigenvalue weighted by molar-refractivity contribution is -0.140. The third kappa shape index (κ3) is 8.68. The summed E-state index contributed by atoms with van der Waals surface area (Å²) in [6.45, 7) is 2.21. The molecule has 1 aliphatic carbocycles. The van der Waals surface area contributed by atoms with Crippen molar-refractivity contribution >= 4 is 5.97 Å². The van der Waals surface area contributed by atoms with Crippen LogP contribution in [0.1, 0.15) is 71.1 Å². The van der Waals surface area contributed by atoms with Crippen molar-refractivity contribution in [1.29, 1.82) is 0 Å². The van der Waals surface area contributed by atoms with Crippen LogP contribution in [0.3, 0.4) is 0 Å². The van der Waals surface area contributed by atoms with Gasteiger partial charge in [0.1, 0.15) is 0 Å². The van der Waals surface area contributed by atoms with Gasteiger partial charge in [0, 0.05) is 18.8 Å². The number of methoxy groups -OCH3 is 1. The molecule has 0 amide bonds. The highest BCUT2D eigenvalue weighted by atomic mass is 16.5. The number of esters is 1. The second kappa shape index (κ2) is 13.1. The summed E-state index contributed by atoms with van der Waals surface area (Å²) in [6.07, 6.45) is 16.8. The third-order valence-electron chi connectivity index (χ3n) is 5.05.